The molecule has 0 bridgehead atoms. The number of hydrogen-bond donors (Lipinski definition) is 2. The first-order valence-corrected chi connectivity index (χ1v) is 12.4. The average molecular weight is 538 g/mol. The third kappa shape index (κ3) is 4.58. The van der Waals surface area contributed by atoms with Gasteiger partial charge >= 0.3 is 5.97 Å². The Morgan fingerprint density at radius 2 is 1.88 bits per heavy atom. The zero-order valence-electron chi connectivity index (χ0n) is 21.3. The molecule has 0 spiro atoms. The minimum absolute atomic E-state index is 0.0177. The van der Waals surface area contributed by atoms with Crippen molar-refractivity contribution < 1.29 is 33.6 Å². The molecule has 9 heteroatoms. The number of aromatic nitrogens is 1. The van der Waals surface area contributed by atoms with Crippen LogP contribution in [-0.4, -0.2) is 28.3 Å². The van der Waals surface area contributed by atoms with Crippen molar-refractivity contribution in [1.82, 2.24) is 4.98 Å². The van der Waals surface area contributed by atoms with Crippen molar-refractivity contribution in [2.24, 2.45) is 0 Å². The molecular formula is C31H23NO8. The van der Waals surface area contributed by atoms with Crippen LogP contribution in [0.25, 0.3) is 22.3 Å². The van der Waals surface area contributed by atoms with Gasteiger partial charge < -0.3 is 28.8 Å². The molecule has 9 nitrogen and oxygen atoms in total. The molecule has 1 aliphatic heterocycles. The number of phenols is 2. The van der Waals surface area contributed by atoms with E-state index in [-0.39, 0.29) is 46.1 Å². The second-order valence-corrected chi connectivity index (χ2v) is 9.33. The third-order valence-corrected chi connectivity index (χ3v) is 6.78. The molecule has 0 fully saturated rings. The van der Waals surface area contributed by atoms with Crippen molar-refractivity contribution in [2.75, 3.05) is 7.11 Å². The molecule has 1 aliphatic rings. The number of benzene rings is 3. The van der Waals surface area contributed by atoms with Crippen molar-refractivity contribution in [2.45, 2.75) is 18.9 Å². The largest absolute Gasteiger partial charge is 0.507 e. The zero-order chi connectivity index (χ0) is 27.8. The molecule has 1 atom stereocenters. The highest BCUT2D eigenvalue weighted by Gasteiger charge is 2.34. The molecule has 3 aromatic carbocycles. The molecule has 2 aromatic heterocycles. The number of ether oxygens (including phenoxy) is 3. The first-order chi connectivity index (χ1) is 19.4. The van der Waals surface area contributed by atoms with Gasteiger partial charge in [-0.15, -0.1) is 0 Å². The van der Waals surface area contributed by atoms with E-state index >= 15 is 0 Å². The van der Waals surface area contributed by atoms with Crippen LogP contribution in [0.3, 0.4) is 0 Å². The predicted molar refractivity (Wildman–Crippen MR) is 145 cm³/mol. The molecule has 3 heterocycles. The van der Waals surface area contributed by atoms with E-state index in [0.717, 1.165) is 11.1 Å². The summed E-state index contributed by atoms with van der Waals surface area (Å²) in [7, 11) is 1.43. The molecule has 0 saturated carbocycles. The Kier molecular flexibility index (Phi) is 6.31. The molecule has 5 aromatic rings. The summed E-state index contributed by atoms with van der Waals surface area (Å²) in [5.41, 5.74) is 2.12. The van der Waals surface area contributed by atoms with Gasteiger partial charge in [0.2, 0.25) is 0 Å². The molecule has 0 radical (unpaired) electrons. The Balaban J connectivity index is 1.47. The first-order valence-electron chi connectivity index (χ1n) is 12.4. The minimum Gasteiger partial charge on any atom is -0.507 e. The summed E-state index contributed by atoms with van der Waals surface area (Å²) in [6, 6.07) is 18.2. The lowest BCUT2D eigenvalue weighted by Gasteiger charge is -2.26. The van der Waals surface area contributed by atoms with E-state index in [4.69, 9.17) is 18.6 Å². The van der Waals surface area contributed by atoms with Gasteiger partial charge in [-0.2, -0.15) is 0 Å². The number of rotatable bonds is 6. The van der Waals surface area contributed by atoms with Crippen molar-refractivity contribution >= 4 is 16.9 Å². The van der Waals surface area contributed by atoms with Gasteiger partial charge in [-0.1, -0.05) is 18.2 Å². The number of methoxy groups -OCH3 is 1. The molecule has 0 unspecified atom stereocenters. The van der Waals surface area contributed by atoms with Gasteiger partial charge in [-0.25, -0.2) is 0 Å². The van der Waals surface area contributed by atoms with Crippen molar-refractivity contribution in [3.63, 3.8) is 0 Å². The Morgan fingerprint density at radius 3 is 2.65 bits per heavy atom. The number of fused-ring (bicyclic) bond motifs is 3. The highest BCUT2D eigenvalue weighted by Crippen LogP contribution is 2.46. The van der Waals surface area contributed by atoms with Crippen molar-refractivity contribution in [3.8, 4) is 40.1 Å². The van der Waals surface area contributed by atoms with E-state index in [1.54, 1.807) is 24.5 Å². The lowest BCUT2D eigenvalue weighted by atomic mass is 9.85. The minimum atomic E-state index is -0.552. The Morgan fingerprint density at radius 1 is 1.00 bits per heavy atom. The fourth-order valence-corrected chi connectivity index (χ4v) is 4.90. The Bertz CT molecular complexity index is 1810. The smallest absolute Gasteiger partial charge is 0.312 e. The Hall–Kier alpha value is -5.31. The molecule has 40 heavy (non-hydrogen) atoms. The summed E-state index contributed by atoms with van der Waals surface area (Å²) in [6.45, 7) is 0.310. The summed E-state index contributed by atoms with van der Waals surface area (Å²) in [4.78, 5) is 30.0. The molecule has 0 aliphatic carbocycles. The van der Waals surface area contributed by atoms with Crippen LogP contribution in [0.5, 0.6) is 28.7 Å². The van der Waals surface area contributed by atoms with Crippen LogP contribution in [0.1, 0.15) is 29.0 Å². The number of esters is 1. The quantitative estimate of drug-likeness (QED) is 0.219. The van der Waals surface area contributed by atoms with Crippen LogP contribution in [-0.2, 0) is 11.4 Å². The maximum absolute atomic E-state index is 13.2. The van der Waals surface area contributed by atoms with Gasteiger partial charge in [0, 0.05) is 47.1 Å². The first kappa shape index (κ1) is 25.0. The van der Waals surface area contributed by atoms with Crippen LogP contribution in [0.15, 0.2) is 88.3 Å². The third-order valence-electron chi connectivity index (χ3n) is 6.78. The van der Waals surface area contributed by atoms with Gasteiger partial charge in [-0.05, 0) is 42.0 Å². The Labute approximate surface area is 227 Å². The molecule has 2 N–H and O–H groups in total. The standard InChI is InChI=1S/C31H23NO8/c1-37-25-8-7-19(11-22(25)33)26-13-23(34)30-24(35)14-27-29(31(30)40-26)21(12-28(36)39-27)18-5-2-6-20(10-18)38-16-17-4-3-9-32-15-17/h2-11,13-15,21,33,35H,12,16H2,1H3/t21-/m1/s1. The summed E-state index contributed by atoms with van der Waals surface area (Å²) in [6.07, 6.45) is 3.39. The highest BCUT2D eigenvalue weighted by atomic mass is 16.5. The second-order valence-electron chi connectivity index (χ2n) is 9.33. The average Bonchev–Trinajstić information content (AvgIpc) is 2.96. The number of pyridine rings is 1. The molecule has 0 amide bonds. The molecule has 0 saturated heterocycles. The lowest BCUT2D eigenvalue weighted by molar-refractivity contribution is -0.135. The maximum Gasteiger partial charge on any atom is 0.312 e. The second kappa shape index (κ2) is 10.1. The van der Waals surface area contributed by atoms with E-state index in [2.05, 4.69) is 4.98 Å². The van der Waals surface area contributed by atoms with Gasteiger partial charge in [-0.3, -0.25) is 14.6 Å². The van der Waals surface area contributed by atoms with E-state index in [1.807, 2.05) is 36.4 Å². The summed E-state index contributed by atoms with van der Waals surface area (Å²) < 4.78 is 22.8. The number of phenolic OH excluding ortho intramolecular Hbond substituents is 2. The van der Waals surface area contributed by atoms with Gasteiger partial charge in [0.1, 0.15) is 40.6 Å². The van der Waals surface area contributed by atoms with Gasteiger partial charge in [0.15, 0.2) is 16.9 Å². The fourth-order valence-electron chi connectivity index (χ4n) is 4.90. The van der Waals surface area contributed by atoms with Crippen LogP contribution < -0.4 is 19.6 Å². The van der Waals surface area contributed by atoms with Crippen LogP contribution in [0, 0.1) is 0 Å². The normalized spacial score (nSPS) is 14.4. The maximum atomic E-state index is 13.2. The zero-order valence-corrected chi connectivity index (χ0v) is 21.3. The topological polar surface area (TPSA) is 128 Å². The molecule has 6 rings (SSSR count). The van der Waals surface area contributed by atoms with E-state index in [1.165, 1.54) is 25.3 Å². The number of carbonyl (C=O) groups is 1. The SMILES string of the molecule is COc1ccc(-c2cc(=O)c3c(O)cc4c(c3o2)[C@@H](c2cccc(OCc3cccnc3)c2)CC(=O)O4)cc1O. The highest BCUT2D eigenvalue weighted by molar-refractivity contribution is 5.93. The number of aromatic hydroxyl groups is 2. The lowest BCUT2D eigenvalue weighted by Crippen LogP contribution is -2.22. The van der Waals surface area contributed by atoms with E-state index < -0.39 is 17.3 Å². The summed E-state index contributed by atoms with van der Waals surface area (Å²) >= 11 is 0. The predicted octanol–water partition coefficient (Wildman–Crippen LogP) is 5.29. The van der Waals surface area contributed by atoms with Crippen molar-refractivity contribution in [1.29, 1.82) is 0 Å². The molecule has 200 valence electrons. The van der Waals surface area contributed by atoms with E-state index in [9.17, 15) is 19.8 Å². The van der Waals surface area contributed by atoms with Gasteiger partial charge in [0.05, 0.1) is 13.5 Å². The number of nitrogens with zero attached hydrogens (tertiary/aromatic N) is 1. The number of carbonyl (C=O) groups excluding carboxylic acids is 1. The summed E-state index contributed by atoms with van der Waals surface area (Å²) in [5.74, 6) is -0.428. The summed E-state index contributed by atoms with van der Waals surface area (Å²) in [5, 5.41) is 21.0. The number of hydrogen-bond acceptors (Lipinski definition) is 9. The van der Waals surface area contributed by atoms with Crippen LogP contribution in [0.4, 0.5) is 0 Å². The fraction of sp³-hybridized carbons (Fsp3) is 0.129. The van der Waals surface area contributed by atoms with Crippen LogP contribution >= 0.6 is 0 Å². The molecular weight excluding hydrogens is 514 g/mol. The van der Waals surface area contributed by atoms with Gasteiger partial charge in [0.25, 0.3) is 0 Å². The monoisotopic (exact) mass is 537 g/mol. The van der Waals surface area contributed by atoms with E-state index in [0.29, 0.717) is 23.5 Å². The van der Waals surface area contributed by atoms with Crippen LogP contribution in [0.2, 0.25) is 0 Å². The van der Waals surface area contributed by atoms with Crippen molar-refractivity contribution in [3.05, 3.63) is 106 Å².